The third-order valence-electron chi connectivity index (χ3n) is 3.43. The monoisotopic (exact) mass is 261 g/mol. The van der Waals surface area contributed by atoms with E-state index in [4.69, 9.17) is 15.0 Å². The summed E-state index contributed by atoms with van der Waals surface area (Å²) in [5.74, 6) is 1.33. The molecule has 0 aromatic carbocycles. The molecular weight excluding hydrogens is 246 g/mol. The maximum Gasteiger partial charge on any atom is 0.247 e. The number of aromatic nitrogens is 4. The Hall–Kier alpha value is -2.02. The highest BCUT2D eigenvalue weighted by Gasteiger charge is 2.37. The van der Waals surface area contributed by atoms with E-state index in [9.17, 15) is 0 Å². The van der Waals surface area contributed by atoms with E-state index in [1.54, 1.807) is 12.1 Å². The average Bonchev–Trinajstić information content (AvgIpc) is 3.08. The number of rotatable bonds is 3. The zero-order valence-corrected chi connectivity index (χ0v) is 10.7. The fraction of sp³-hybridized carbons (Fsp3) is 0.500. The molecule has 2 N–H and O–H groups in total. The van der Waals surface area contributed by atoms with Gasteiger partial charge in [0, 0.05) is 6.07 Å². The minimum absolute atomic E-state index is 0.405. The number of nitrogens with two attached hydrogens (primary N) is 1. The van der Waals surface area contributed by atoms with E-state index in [-0.39, 0.29) is 0 Å². The molecule has 2 heterocycles. The van der Waals surface area contributed by atoms with Gasteiger partial charge in [0.2, 0.25) is 17.6 Å². The topological polar surface area (TPSA) is 100.0 Å². The minimum Gasteiger partial charge on any atom is -0.480 e. The van der Waals surface area contributed by atoms with Gasteiger partial charge >= 0.3 is 0 Å². The number of hydrogen-bond donors (Lipinski definition) is 1. The first-order valence-corrected chi connectivity index (χ1v) is 6.22. The first-order chi connectivity index (χ1) is 9.21. The van der Waals surface area contributed by atoms with E-state index in [0.29, 0.717) is 23.3 Å². The van der Waals surface area contributed by atoms with Crippen molar-refractivity contribution < 1.29 is 9.26 Å². The molecule has 0 unspecified atom stereocenters. The Kier molecular flexibility index (Phi) is 2.90. The van der Waals surface area contributed by atoms with Crippen LogP contribution < -0.4 is 10.5 Å². The highest BCUT2D eigenvalue weighted by Crippen LogP contribution is 2.35. The van der Waals surface area contributed by atoms with Gasteiger partial charge < -0.3 is 15.0 Å². The Bertz CT molecular complexity index is 560. The van der Waals surface area contributed by atoms with Gasteiger partial charge in [-0.2, -0.15) is 4.98 Å². The minimum atomic E-state index is -0.481. The molecule has 1 aliphatic carbocycles. The van der Waals surface area contributed by atoms with Crippen molar-refractivity contribution in [2.75, 3.05) is 7.11 Å². The molecule has 1 saturated carbocycles. The predicted octanol–water partition coefficient (Wildman–Crippen LogP) is 1.26. The van der Waals surface area contributed by atoms with Gasteiger partial charge in [-0.25, -0.2) is 0 Å². The predicted molar refractivity (Wildman–Crippen MR) is 66.2 cm³/mol. The van der Waals surface area contributed by atoms with Crippen LogP contribution in [0.3, 0.4) is 0 Å². The average molecular weight is 261 g/mol. The van der Waals surface area contributed by atoms with Crippen molar-refractivity contribution >= 4 is 0 Å². The summed E-state index contributed by atoms with van der Waals surface area (Å²) in [6, 6.07) is 3.43. The number of ether oxygens (including phenoxy) is 1. The molecule has 0 bridgehead atoms. The Labute approximate surface area is 110 Å². The molecular formula is C12H15N5O2. The lowest BCUT2D eigenvalue weighted by molar-refractivity contribution is 0.285. The molecule has 3 rings (SSSR count). The normalized spacial score (nSPS) is 17.6. The zero-order valence-electron chi connectivity index (χ0n) is 10.7. The number of methoxy groups -OCH3 is 1. The van der Waals surface area contributed by atoms with Crippen LogP contribution in [0.1, 0.15) is 31.6 Å². The number of hydrogen-bond acceptors (Lipinski definition) is 7. The van der Waals surface area contributed by atoms with E-state index < -0.39 is 5.54 Å². The SMILES string of the molecule is COc1ccc(-c2noc(C3(N)CCCC3)n2)nn1. The van der Waals surface area contributed by atoms with E-state index in [0.717, 1.165) is 25.7 Å². The van der Waals surface area contributed by atoms with Crippen LogP contribution >= 0.6 is 0 Å². The van der Waals surface area contributed by atoms with Gasteiger partial charge in [0.15, 0.2) is 0 Å². The first-order valence-electron chi connectivity index (χ1n) is 6.22. The summed E-state index contributed by atoms with van der Waals surface area (Å²) in [4.78, 5) is 4.34. The maximum atomic E-state index is 6.27. The van der Waals surface area contributed by atoms with Crippen LogP contribution in [0, 0.1) is 0 Å². The molecule has 0 atom stereocenters. The maximum absolute atomic E-state index is 6.27. The summed E-state index contributed by atoms with van der Waals surface area (Å²) < 4.78 is 10.2. The quantitative estimate of drug-likeness (QED) is 0.887. The molecule has 2 aromatic rings. The first kappa shape index (κ1) is 12.0. The third kappa shape index (κ3) is 2.17. The van der Waals surface area contributed by atoms with Crippen molar-refractivity contribution in [2.24, 2.45) is 5.73 Å². The fourth-order valence-electron chi connectivity index (χ4n) is 2.30. The Morgan fingerprint density at radius 3 is 2.68 bits per heavy atom. The summed E-state index contributed by atoms with van der Waals surface area (Å²) in [7, 11) is 1.54. The van der Waals surface area contributed by atoms with Crippen LogP contribution in [0.2, 0.25) is 0 Å². The third-order valence-corrected chi connectivity index (χ3v) is 3.43. The molecule has 2 aromatic heterocycles. The van der Waals surface area contributed by atoms with Gasteiger partial charge in [-0.15, -0.1) is 10.2 Å². The second-order valence-corrected chi connectivity index (χ2v) is 4.75. The fourth-order valence-corrected chi connectivity index (χ4v) is 2.30. The molecule has 1 aliphatic rings. The molecule has 0 saturated heterocycles. The lowest BCUT2D eigenvalue weighted by Crippen LogP contribution is -2.33. The summed E-state index contributed by atoms with van der Waals surface area (Å²) >= 11 is 0. The smallest absolute Gasteiger partial charge is 0.247 e. The van der Waals surface area contributed by atoms with E-state index in [1.165, 1.54) is 7.11 Å². The van der Waals surface area contributed by atoms with Gasteiger partial charge in [-0.3, -0.25) is 0 Å². The van der Waals surface area contributed by atoms with Crippen LogP contribution in [0.15, 0.2) is 16.7 Å². The van der Waals surface area contributed by atoms with Crippen molar-refractivity contribution in [1.29, 1.82) is 0 Å². The molecule has 0 spiro atoms. The van der Waals surface area contributed by atoms with Crippen molar-refractivity contribution in [2.45, 2.75) is 31.2 Å². The summed E-state index contributed by atoms with van der Waals surface area (Å²) in [6.45, 7) is 0. The molecule has 7 nitrogen and oxygen atoms in total. The highest BCUT2D eigenvalue weighted by atomic mass is 16.5. The Morgan fingerprint density at radius 1 is 1.26 bits per heavy atom. The lowest BCUT2D eigenvalue weighted by Gasteiger charge is -2.17. The highest BCUT2D eigenvalue weighted by molar-refractivity contribution is 5.47. The summed E-state index contributed by atoms with van der Waals surface area (Å²) in [5, 5.41) is 11.8. The standard InChI is InChI=1S/C12H15N5O2/c1-18-9-5-4-8(15-16-9)10-14-11(19-17-10)12(13)6-2-3-7-12/h4-5H,2-3,6-7,13H2,1H3. The molecule has 0 radical (unpaired) electrons. The summed E-state index contributed by atoms with van der Waals surface area (Å²) in [6.07, 6.45) is 3.94. The van der Waals surface area contributed by atoms with E-state index in [1.807, 2.05) is 0 Å². The van der Waals surface area contributed by atoms with Crippen molar-refractivity contribution in [3.05, 3.63) is 18.0 Å². The molecule has 19 heavy (non-hydrogen) atoms. The second kappa shape index (κ2) is 4.58. The Morgan fingerprint density at radius 2 is 2.05 bits per heavy atom. The molecule has 1 fully saturated rings. The van der Waals surface area contributed by atoms with Gasteiger partial charge in [0.25, 0.3) is 0 Å². The van der Waals surface area contributed by atoms with Gasteiger partial charge in [-0.05, 0) is 18.9 Å². The van der Waals surface area contributed by atoms with Crippen molar-refractivity contribution in [3.63, 3.8) is 0 Å². The van der Waals surface area contributed by atoms with Crippen molar-refractivity contribution in [1.82, 2.24) is 20.3 Å². The van der Waals surface area contributed by atoms with Gasteiger partial charge in [-0.1, -0.05) is 18.0 Å². The second-order valence-electron chi connectivity index (χ2n) is 4.75. The molecule has 0 amide bonds. The molecule has 0 aliphatic heterocycles. The zero-order chi connectivity index (χ0) is 13.3. The lowest BCUT2D eigenvalue weighted by atomic mass is 9.99. The van der Waals surface area contributed by atoms with Crippen molar-refractivity contribution in [3.8, 4) is 17.4 Å². The number of nitrogens with zero attached hydrogens (tertiary/aromatic N) is 4. The van der Waals surface area contributed by atoms with Crippen LogP contribution in [0.4, 0.5) is 0 Å². The van der Waals surface area contributed by atoms with Crippen LogP contribution in [0.5, 0.6) is 5.88 Å². The van der Waals surface area contributed by atoms with Gasteiger partial charge in [0.05, 0.1) is 12.6 Å². The molecule has 100 valence electrons. The summed E-state index contributed by atoms with van der Waals surface area (Å²) in [5.41, 5.74) is 6.32. The molecule has 7 heteroatoms. The largest absolute Gasteiger partial charge is 0.480 e. The Balaban J connectivity index is 1.87. The van der Waals surface area contributed by atoms with E-state index >= 15 is 0 Å². The van der Waals surface area contributed by atoms with Gasteiger partial charge in [0.1, 0.15) is 5.69 Å². The van der Waals surface area contributed by atoms with E-state index in [2.05, 4.69) is 20.3 Å². The van der Waals surface area contributed by atoms with Crippen LogP contribution in [-0.4, -0.2) is 27.4 Å². The van der Waals surface area contributed by atoms with Crippen LogP contribution in [0.25, 0.3) is 11.5 Å². The van der Waals surface area contributed by atoms with Crippen LogP contribution in [-0.2, 0) is 5.54 Å².